The Morgan fingerprint density at radius 2 is 2.36 bits per heavy atom. The highest BCUT2D eigenvalue weighted by atomic mass is 19.1. The molecule has 2 aromatic rings. The lowest BCUT2D eigenvalue weighted by atomic mass is 9.83. The summed E-state index contributed by atoms with van der Waals surface area (Å²) in [6, 6.07) is -0.531. The average Bonchev–Trinajstić information content (AvgIpc) is 2.99. The number of aromatic nitrogens is 4. The van der Waals surface area contributed by atoms with Crippen molar-refractivity contribution in [3.05, 3.63) is 28.8 Å². The Morgan fingerprint density at radius 1 is 1.64 bits per heavy atom. The average molecular weight is 309 g/mol. The van der Waals surface area contributed by atoms with E-state index in [0.29, 0.717) is 5.57 Å². The molecule has 2 aromatic heterocycles. The van der Waals surface area contributed by atoms with E-state index < -0.39 is 36.4 Å². The van der Waals surface area contributed by atoms with E-state index >= 15 is 0 Å². The molecule has 0 saturated heterocycles. The topological polar surface area (TPSA) is 130 Å². The maximum Gasteiger partial charge on any atom is 0.280 e. The standard InChI is InChI=1S/C13H16FN5O3/c1-6-7(2-8(21)13(6,3-14)4-20)19-5-16-9-10(19)17-12(15)18-11(9)22/h5,7-8,20-21H,1-4H2,(H3,15,17,18,22)/t7?,8-,13-/m0/s1. The summed E-state index contributed by atoms with van der Waals surface area (Å²) in [6.07, 6.45) is 0.431. The molecule has 9 heteroatoms. The zero-order valence-electron chi connectivity index (χ0n) is 11.7. The highest BCUT2D eigenvalue weighted by molar-refractivity contribution is 5.71. The number of aromatic amines is 1. The number of rotatable bonds is 3. The van der Waals surface area contributed by atoms with E-state index in [0.717, 1.165) is 0 Å². The Kier molecular flexibility index (Phi) is 3.26. The molecule has 0 spiro atoms. The first kappa shape index (κ1) is 14.7. The van der Waals surface area contributed by atoms with Gasteiger partial charge in [-0.1, -0.05) is 6.58 Å². The molecule has 22 heavy (non-hydrogen) atoms. The molecule has 0 amide bonds. The predicted molar refractivity (Wildman–Crippen MR) is 76.9 cm³/mol. The van der Waals surface area contributed by atoms with E-state index in [1.807, 2.05) is 0 Å². The number of fused-ring (bicyclic) bond motifs is 1. The zero-order chi connectivity index (χ0) is 16.1. The number of nitrogen functional groups attached to an aromatic ring is 1. The van der Waals surface area contributed by atoms with E-state index in [1.54, 1.807) is 0 Å². The minimum absolute atomic E-state index is 0.0673. The Morgan fingerprint density at radius 3 is 2.95 bits per heavy atom. The van der Waals surface area contributed by atoms with Gasteiger partial charge in [0.05, 0.1) is 30.5 Å². The van der Waals surface area contributed by atoms with Gasteiger partial charge in [0, 0.05) is 0 Å². The molecule has 0 aromatic carbocycles. The molecule has 1 fully saturated rings. The number of imidazole rings is 1. The number of nitrogens with one attached hydrogen (secondary N) is 1. The molecule has 1 saturated carbocycles. The first-order valence-corrected chi connectivity index (χ1v) is 6.71. The Balaban J connectivity index is 2.14. The van der Waals surface area contributed by atoms with Crippen LogP contribution >= 0.6 is 0 Å². The Hall–Kier alpha value is -2.26. The fraction of sp³-hybridized carbons (Fsp3) is 0.462. The minimum atomic E-state index is -1.41. The van der Waals surface area contributed by atoms with Crippen LogP contribution in [0.15, 0.2) is 23.3 Å². The molecule has 1 unspecified atom stereocenters. The summed E-state index contributed by atoms with van der Waals surface area (Å²) in [5.74, 6) is -0.0673. The number of nitrogens with zero attached hydrogens (tertiary/aromatic N) is 3. The van der Waals surface area contributed by atoms with Gasteiger partial charge < -0.3 is 20.5 Å². The van der Waals surface area contributed by atoms with Gasteiger partial charge in [-0.15, -0.1) is 0 Å². The first-order valence-electron chi connectivity index (χ1n) is 6.71. The SMILES string of the molecule is C=C1C(n2cnc3c(=O)[nH]c(N)nc32)C[C@H](O)[C@]1(CO)CF. The predicted octanol–water partition coefficient (Wildman–Crippen LogP) is -0.488. The lowest BCUT2D eigenvalue weighted by Crippen LogP contribution is -2.37. The molecule has 0 aliphatic heterocycles. The Bertz CT molecular complexity index is 795. The number of halogens is 1. The second kappa shape index (κ2) is 4.89. The van der Waals surface area contributed by atoms with Gasteiger partial charge in [-0.05, 0) is 12.0 Å². The molecule has 5 N–H and O–H groups in total. The van der Waals surface area contributed by atoms with E-state index in [2.05, 4.69) is 21.5 Å². The van der Waals surface area contributed by atoms with Gasteiger partial charge in [0.15, 0.2) is 11.2 Å². The third-order valence-electron chi connectivity index (χ3n) is 4.43. The molecule has 3 atom stereocenters. The van der Waals surface area contributed by atoms with Gasteiger partial charge in [-0.25, -0.2) is 9.37 Å². The quantitative estimate of drug-likeness (QED) is 0.566. The van der Waals surface area contributed by atoms with Crippen molar-refractivity contribution >= 4 is 17.1 Å². The summed E-state index contributed by atoms with van der Waals surface area (Å²) in [4.78, 5) is 22.2. The van der Waals surface area contributed by atoms with E-state index in [1.165, 1.54) is 10.9 Å². The second-order valence-corrected chi connectivity index (χ2v) is 5.52. The van der Waals surface area contributed by atoms with Crippen LogP contribution in [-0.4, -0.2) is 49.1 Å². The molecule has 8 nitrogen and oxygen atoms in total. The molecule has 2 heterocycles. The maximum atomic E-state index is 13.4. The van der Waals surface area contributed by atoms with Crippen LogP contribution in [-0.2, 0) is 0 Å². The third-order valence-corrected chi connectivity index (χ3v) is 4.43. The highest BCUT2D eigenvalue weighted by Gasteiger charge is 2.50. The number of anilines is 1. The van der Waals surface area contributed by atoms with Crippen LogP contribution in [0.25, 0.3) is 11.2 Å². The van der Waals surface area contributed by atoms with Crippen molar-refractivity contribution in [1.29, 1.82) is 0 Å². The van der Waals surface area contributed by atoms with Crippen molar-refractivity contribution in [1.82, 2.24) is 19.5 Å². The summed E-state index contributed by atoms with van der Waals surface area (Å²) in [5.41, 5.74) is 4.31. The monoisotopic (exact) mass is 309 g/mol. The van der Waals surface area contributed by atoms with E-state index in [-0.39, 0.29) is 23.5 Å². The molecule has 0 bridgehead atoms. The molecule has 1 aliphatic carbocycles. The van der Waals surface area contributed by atoms with Crippen molar-refractivity contribution in [2.45, 2.75) is 18.6 Å². The van der Waals surface area contributed by atoms with Crippen LogP contribution in [0.3, 0.4) is 0 Å². The van der Waals surface area contributed by atoms with E-state index in [9.17, 15) is 19.4 Å². The highest BCUT2D eigenvalue weighted by Crippen LogP contribution is 2.48. The van der Waals surface area contributed by atoms with Gasteiger partial charge in [0.1, 0.15) is 6.67 Å². The van der Waals surface area contributed by atoms with Gasteiger partial charge in [-0.3, -0.25) is 9.78 Å². The zero-order valence-corrected chi connectivity index (χ0v) is 11.7. The summed E-state index contributed by atoms with van der Waals surface area (Å²) < 4.78 is 14.9. The Labute approximate surface area is 124 Å². The fourth-order valence-corrected chi connectivity index (χ4v) is 3.00. The van der Waals surface area contributed by atoms with Crippen LogP contribution < -0.4 is 11.3 Å². The number of aliphatic hydroxyl groups excluding tert-OH is 2. The number of hydrogen-bond donors (Lipinski definition) is 4. The summed E-state index contributed by atoms with van der Waals surface area (Å²) >= 11 is 0. The van der Waals surface area contributed by atoms with Crippen LogP contribution in [0.1, 0.15) is 12.5 Å². The number of alkyl halides is 1. The van der Waals surface area contributed by atoms with Gasteiger partial charge >= 0.3 is 0 Å². The normalized spacial score (nSPS) is 28.6. The molecule has 3 rings (SSSR count). The smallest absolute Gasteiger partial charge is 0.280 e. The number of H-pyrrole nitrogens is 1. The van der Waals surface area contributed by atoms with Crippen LogP contribution in [0.5, 0.6) is 0 Å². The summed E-state index contributed by atoms with van der Waals surface area (Å²) in [6.45, 7) is 2.35. The molecular weight excluding hydrogens is 293 g/mol. The first-order chi connectivity index (χ1) is 10.4. The molecule has 1 aliphatic rings. The number of aliphatic hydroxyl groups is 2. The summed E-state index contributed by atoms with van der Waals surface area (Å²) in [5, 5.41) is 19.7. The summed E-state index contributed by atoms with van der Waals surface area (Å²) in [7, 11) is 0. The lowest BCUT2D eigenvalue weighted by molar-refractivity contribution is 0.0110. The number of hydrogen-bond acceptors (Lipinski definition) is 6. The minimum Gasteiger partial charge on any atom is -0.395 e. The van der Waals surface area contributed by atoms with E-state index in [4.69, 9.17) is 5.73 Å². The van der Waals surface area contributed by atoms with Crippen molar-refractivity contribution < 1.29 is 14.6 Å². The van der Waals surface area contributed by atoms with Crippen molar-refractivity contribution in [2.24, 2.45) is 5.41 Å². The lowest BCUT2D eigenvalue weighted by Gasteiger charge is -2.29. The van der Waals surface area contributed by atoms with Crippen molar-refractivity contribution in [3.63, 3.8) is 0 Å². The maximum absolute atomic E-state index is 13.4. The molecule has 0 radical (unpaired) electrons. The van der Waals surface area contributed by atoms with Crippen LogP contribution in [0.4, 0.5) is 10.3 Å². The molecule has 118 valence electrons. The van der Waals surface area contributed by atoms with Gasteiger partial charge in [0.2, 0.25) is 5.95 Å². The number of nitrogens with two attached hydrogens (primary N) is 1. The fourth-order valence-electron chi connectivity index (χ4n) is 3.00. The third kappa shape index (κ3) is 1.79. The molecular formula is C13H16FN5O3. The van der Waals surface area contributed by atoms with Crippen molar-refractivity contribution in [3.8, 4) is 0 Å². The largest absolute Gasteiger partial charge is 0.395 e. The second-order valence-electron chi connectivity index (χ2n) is 5.52. The van der Waals surface area contributed by atoms with Gasteiger partial charge in [0.25, 0.3) is 5.56 Å². The van der Waals surface area contributed by atoms with Crippen molar-refractivity contribution in [2.75, 3.05) is 19.0 Å². The van der Waals surface area contributed by atoms with Crippen LogP contribution in [0.2, 0.25) is 0 Å². The van der Waals surface area contributed by atoms with Gasteiger partial charge in [-0.2, -0.15) is 4.98 Å². The van der Waals surface area contributed by atoms with Crippen LogP contribution in [0, 0.1) is 5.41 Å².